The lowest BCUT2D eigenvalue weighted by molar-refractivity contribution is 0.0963. The average Bonchev–Trinajstić information content (AvgIpc) is 3.32. The summed E-state index contributed by atoms with van der Waals surface area (Å²) in [7, 11) is 0. The molecule has 4 aromatic rings. The fourth-order valence-electron chi connectivity index (χ4n) is 3.80. The first kappa shape index (κ1) is 17.0. The van der Waals surface area contributed by atoms with E-state index >= 15 is 0 Å². The highest BCUT2D eigenvalue weighted by molar-refractivity contribution is 5.84. The lowest BCUT2D eigenvalue weighted by atomic mass is 10.1. The van der Waals surface area contributed by atoms with Crippen LogP contribution in [0.4, 0.5) is 4.39 Å². The van der Waals surface area contributed by atoms with Gasteiger partial charge in [0.1, 0.15) is 11.3 Å². The summed E-state index contributed by atoms with van der Waals surface area (Å²) in [5, 5.41) is 13.0. The second kappa shape index (κ2) is 6.49. The first-order chi connectivity index (χ1) is 13.6. The summed E-state index contributed by atoms with van der Waals surface area (Å²) in [6, 6.07) is 8.00. The quantitative estimate of drug-likeness (QED) is 0.547. The van der Waals surface area contributed by atoms with Crippen molar-refractivity contribution in [1.82, 2.24) is 24.4 Å². The maximum atomic E-state index is 13.3. The monoisotopic (exact) mass is 379 g/mol. The van der Waals surface area contributed by atoms with Gasteiger partial charge >= 0.3 is 0 Å². The van der Waals surface area contributed by atoms with E-state index in [2.05, 4.69) is 15.3 Å². The van der Waals surface area contributed by atoms with Crippen molar-refractivity contribution < 1.29 is 9.13 Å². The van der Waals surface area contributed by atoms with Crippen LogP contribution < -0.4 is 5.56 Å². The van der Waals surface area contributed by atoms with Crippen molar-refractivity contribution in [3.8, 4) is 11.1 Å². The Morgan fingerprint density at radius 2 is 2.04 bits per heavy atom. The minimum absolute atomic E-state index is 0.0591. The Balaban J connectivity index is 1.66. The van der Waals surface area contributed by atoms with E-state index in [1.165, 1.54) is 12.1 Å². The number of fused-ring (bicyclic) bond motifs is 3. The Labute approximate surface area is 159 Å². The van der Waals surface area contributed by atoms with Crippen LogP contribution in [0.1, 0.15) is 18.5 Å². The zero-order chi connectivity index (χ0) is 19.3. The van der Waals surface area contributed by atoms with Crippen molar-refractivity contribution >= 4 is 16.7 Å². The molecule has 7 nitrogen and oxygen atoms in total. The molecule has 142 valence electrons. The van der Waals surface area contributed by atoms with E-state index in [9.17, 15) is 9.18 Å². The predicted molar refractivity (Wildman–Crippen MR) is 102 cm³/mol. The molecule has 0 aliphatic carbocycles. The molecule has 0 spiro atoms. The number of benzene rings is 1. The largest absolute Gasteiger partial charge is 0.376 e. The number of pyridine rings is 1. The molecule has 8 heteroatoms. The lowest BCUT2D eigenvalue weighted by Gasteiger charge is -2.12. The molecule has 0 radical (unpaired) electrons. The molecule has 0 saturated carbocycles. The first-order valence-corrected chi connectivity index (χ1v) is 9.24. The van der Waals surface area contributed by atoms with Gasteiger partial charge in [0.25, 0.3) is 5.56 Å². The molecule has 1 atom stereocenters. The van der Waals surface area contributed by atoms with Crippen LogP contribution in [-0.4, -0.2) is 37.1 Å². The van der Waals surface area contributed by atoms with Gasteiger partial charge in [0.05, 0.1) is 23.9 Å². The third kappa shape index (κ3) is 2.68. The summed E-state index contributed by atoms with van der Waals surface area (Å²) in [6.07, 6.45) is 3.78. The standard InChI is InChI=1S/C20H18FN5O2/c1-12-17(13-4-6-14(21)7-5-13)19-23-22-18-16(26(19)24-12)8-9-25(20(18)27)11-15-3-2-10-28-15/h4-9,15H,2-3,10-11H2,1H3/t15-/m1/s1. The molecular weight excluding hydrogens is 361 g/mol. The Morgan fingerprint density at radius 1 is 1.21 bits per heavy atom. The van der Waals surface area contributed by atoms with E-state index in [1.54, 1.807) is 27.4 Å². The van der Waals surface area contributed by atoms with Crippen molar-refractivity contribution in [3.63, 3.8) is 0 Å². The zero-order valence-electron chi connectivity index (χ0n) is 15.3. The van der Waals surface area contributed by atoms with Crippen LogP contribution in [0.3, 0.4) is 0 Å². The number of halogens is 1. The smallest absolute Gasteiger partial charge is 0.280 e. The van der Waals surface area contributed by atoms with E-state index in [1.807, 2.05) is 13.0 Å². The number of aryl methyl sites for hydroxylation is 1. The normalized spacial score (nSPS) is 17.0. The number of hydrogen-bond donors (Lipinski definition) is 0. The van der Waals surface area contributed by atoms with Crippen molar-refractivity contribution in [2.24, 2.45) is 0 Å². The van der Waals surface area contributed by atoms with Gasteiger partial charge in [-0.05, 0) is 43.5 Å². The van der Waals surface area contributed by atoms with Gasteiger partial charge in [-0.25, -0.2) is 8.91 Å². The molecule has 1 fully saturated rings. The first-order valence-electron chi connectivity index (χ1n) is 9.24. The molecule has 0 amide bonds. The molecule has 1 aromatic carbocycles. The fraction of sp³-hybridized carbons (Fsp3) is 0.300. The molecule has 1 aliphatic heterocycles. The van der Waals surface area contributed by atoms with Crippen molar-refractivity contribution in [2.45, 2.75) is 32.4 Å². The molecule has 5 rings (SSSR count). The lowest BCUT2D eigenvalue weighted by Crippen LogP contribution is -2.27. The molecule has 4 heterocycles. The average molecular weight is 379 g/mol. The number of ether oxygens (including phenoxy) is 1. The fourth-order valence-corrected chi connectivity index (χ4v) is 3.80. The molecule has 0 unspecified atom stereocenters. The van der Waals surface area contributed by atoms with Gasteiger partial charge in [0.15, 0.2) is 11.2 Å². The van der Waals surface area contributed by atoms with Crippen molar-refractivity contribution in [2.75, 3.05) is 6.61 Å². The van der Waals surface area contributed by atoms with Crippen LogP contribution in [0.2, 0.25) is 0 Å². The summed E-state index contributed by atoms with van der Waals surface area (Å²) in [5.74, 6) is -0.304. The minimum atomic E-state index is -0.304. The van der Waals surface area contributed by atoms with Crippen LogP contribution in [0.25, 0.3) is 27.8 Å². The second-order valence-electron chi connectivity index (χ2n) is 7.04. The summed E-state index contributed by atoms with van der Waals surface area (Å²) >= 11 is 0. The highest BCUT2D eigenvalue weighted by Gasteiger charge is 2.20. The molecule has 1 aliphatic rings. The highest BCUT2D eigenvalue weighted by atomic mass is 19.1. The molecule has 3 aromatic heterocycles. The van der Waals surface area contributed by atoms with Gasteiger partial charge < -0.3 is 9.30 Å². The van der Waals surface area contributed by atoms with Crippen molar-refractivity contribution in [1.29, 1.82) is 0 Å². The second-order valence-corrected chi connectivity index (χ2v) is 7.04. The van der Waals surface area contributed by atoms with Gasteiger partial charge in [-0.1, -0.05) is 12.1 Å². The van der Waals surface area contributed by atoms with Gasteiger partial charge in [0, 0.05) is 12.8 Å². The SMILES string of the molecule is Cc1nn2c(nnc3c(=O)n(C[C@H]4CCCO4)ccc32)c1-c1ccc(F)cc1. The van der Waals surface area contributed by atoms with Crippen LogP contribution in [0.5, 0.6) is 0 Å². The van der Waals surface area contributed by atoms with Crippen LogP contribution in [-0.2, 0) is 11.3 Å². The minimum Gasteiger partial charge on any atom is -0.376 e. The van der Waals surface area contributed by atoms with E-state index in [0.717, 1.165) is 36.3 Å². The number of aromatic nitrogens is 5. The third-order valence-corrected chi connectivity index (χ3v) is 5.18. The van der Waals surface area contributed by atoms with E-state index < -0.39 is 0 Å². The van der Waals surface area contributed by atoms with Crippen molar-refractivity contribution in [3.05, 3.63) is 58.4 Å². The topological polar surface area (TPSA) is 74.3 Å². The predicted octanol–water partition coefficient (Wildman–Crippen LogP) is 2.73. The molecule has 0 bridgehead atoms. The number of rotatable bonds is 3. The van der Waals surface area contributed by atoms with Crippen LogP contribution >= 0.6 is 0 Å². The third-order valence-electron chi connectivity index (χ3n) is 5.18. The Bertz CT molecular complexity index is 1240. The van der Waals surface area contributed by atoms with E-state index in [4.69, 9.17) is 4.74 Å². The Morgan fingerprint density at radius 3 is 2.79 bits per heavy atom. The van der Waals surface area contributed by atoms with Gasteiger partial charge in [-0.2, -0.15) is 5.10 Å². The summed E-state index contributed by atoms with van der Waals surface area (Å²) in [4.78, 5) is 12.9. The van der Waals surface area contributed by atoms with Gasteiger partial charge in [0.2, 0.25) is 0 Å². The van der Waals surface area contributed by atoms with Crippen LogP contribution in [0.15, 0.2) is 41.3 Å². The Hall–Kier alpha value is -3.13. The Kier molecular flexibility index (Phi) is 3.94. The van der Waals surface area contributed by atoms with Gasteiger partial charge in [-0.15, -0.1) is 10.2 Å². The molecule has 0 N–H and O–H groups in total. The summed E-state index contributed by atoms with van der Waals surface area (Å²) in [5.41, 5.74) is 3.49. The summed E-state index contributed by atoms with van der Waals surface area (Å²) < 4.78 is 22.2. The summed E-state index contributed by atoms with van der Waals surface area (Å²) in [6.45, 7) is 3.11. The molecule has 28 heavy (non-hydrogen) atoms. The van der Waals surface area contributed by atoms with Gasteiger partial charge in [-0.3, -0.25) is 4.79 Å². The number of nitrogens with zero attached hydrogens (tertiary/aromatic N) is 5. The maximum Gasteiger partial charge on any atom is 0.280 e. The van der Waals surface area contributed by atoms with E-state index in [-0.39, 0.29) is 23.0 Å². The highest BCUT2D eigenvalue weighted by Crippen LogP contribution is 2.28. The van der Waals surface area contributed by atoms with E-state index in [0.29, 0.717) is 17.7 Å². The van der Waals surface area contributed by atoms with Crippen LogP contribution in [0, 0.1) is 12.7 Å². The molecular formula is C20H18FN5O2. The number of hydrogen-bond acceptors (Lipinski definition) is 5. The maximum absolute atomic E-state index is 13.3. The molecule has 1 saturated heterocycles. The zero-order valence-corrected chi connectivity index (χ0v) is 15.3.